The maximum atomic E-state index is 10.9. The lowest BCUT2D eigenvalue weighted by atomic mass is 10.0. The van der Waals surface area contributed by atoms with Crippen LogP contribution in [-0.2, 0) is 0 Å². The molecule has 0 spiro atoms. The molecule has 2 rings (SSSR count). The number of carbonyl (C=O) groups is 2. The number of halogens is 2. The number of hydrogen-bond donors (Lipinski definition) is 0. The van der Waals surface area contributed by atoms with Crippen molar-refractivity contribution in [3.63, 3.8) is 0 Å². The summed E-state index contributed by atoms with van der Waals surface area (Å²) in [4.78, 5) is 21.8. The first-order chi connectivity index (χ1) is 7.69. The third kappa shape index (κ3) is 1.60. The van der Waals surface area contributed by atoms with Gasteiger partial charge in [0.2, 0.25) is 0 Å². The van der Waals surface area contributed by atoms with Crippen LogP contribution in [0.4, 0.5) is 0 Å². The van der Waals surface area contributed by atoms with Crippen LogP contribution in [0.2, 0.25) is 10.0 Å². The van der Waals surface area contributed by atoms with Gasteiger partial charge in [-0.25, -0.2) is 0 Å². The molecule has 0 heterocycles. The standard InChI is InChI=1S/C12H6Cl2O2/c13-9-3-1-7(5-15)11-8(6-16)2-4-10(14)12(9)11/h1-6H. The molecule has 0 radical (unpaired) electrons. The van der Waals surface area contributed by atoms with Crippen molar-refractivity contribution in [2.45, 2.75) is 0 Å². The van der Waals surface area contributed by atoms with Crippen LogP contribution in [0.3, 0.4) is 0 Å². The van der Waals surface area contributed by atoms with Gasteiger partial charge in [-0.2, -0.15) is 0 Å². The number of benzene rings is 2. The summed E-state index contributed by atoms with van der Waals surface area (Å²) in [6.07, 6.45) is 1.37. The van der Waals surface area contributed by atoms with Crippen molar-refractivity contribution < 1.29 is 9.59 Å². The zero-order valence-electron chi connectivity index (χ0n) is 8.04. The average molecular weight is 253 g/mol. The second kappa shape index (κ2) is 4.24. The van der Waals surface area contributed by atoms with E-state index in [0.29, 0.717) is 44.5 Å². The molecule has 2 aromatic carbocycles. The molecule has 2 aromatic rings. The predicted octanol–water partition coefficient (Wildman–Crippen LogP) is 3.77. The second-order valence-corrected chi connectivity index (χ2v) is 4.07. The number of fused-ring (bicyclic) bond motifs is 1. The summed E-state index contributed by atoms with van der Waals surface area (Å²) >= 11 is 12.0. The molecule has 0 aromatic heterocycles. The van der Waals surface area contributed by atoms with Gasteiger partial charge >= 0.3 is 0 Å². The molecule has 0 saturated heterocycles. The SMILES string of the molecule is O=Cc1ccc(Cl)c2c(Cl)ccc(C=O)c12. The van der Waals surface area contributed by atoms with Gasteiger partial charge < -0.3 is 0 Å². The van der Waals surface area contributed by atoms with Crippen LogP contribution in [-0.4, -0.2) is 12.6 Å². The fraction of sp³-hybridized carbons (Fsp3) is 0. The zero-order valence-corrected chi connectivity index (χ0v) is 9.55. The zero-order chi connectivity index (χ0) is 11.7. The summed E-state index contributed by atoms with van der Waals surface area (Å²) in [5.74, 6) is 0. The summed E-state index contributed by atoms with van der Waals surface area (Å²) in [5.41, 5.74) is 0.813. The first kappa shape index (κ1) is 11.1. The van der Waals surface area contributed by atoms with E-state index in [1.165, 1.54) is 0 Å². The third-order valence-electron chi connectivity index (χ3n) is 2.38. The lowest BCUT2D eigenvalue weighted by molar-refractivity contribution is 0.112. The van der Waals surface area contributed by atoms with Gasteiger partial charge in [0.1, 0.15) is 0 Å². The molecular weight excluding hydrogens is 247 g/mol. The molecule has 0 aliphatic carbocycles. The van der Waals surface area contributed by atoms with E-state index in [0.717, 1.165) is 0 Å². The number of hydrogen-bond acceptors (Lipinski definition) is 2. The summed E-state index contributed by atoms with van der Waals surface area (Å²) < 4.78 is 0. The van der Waals surface area contributed by atoms with Gasteiger partial charge in [0, 0.05) is 31.9 Å². The monoisotopic (exact) mass is 252 g/mol. The van der Waals surface area contributed by atoms with Crippen molar-refractivity contribution in [1.82, 2.24) is 0 Å². The van der Waals surface area contributed by atoms with E-state index in [2.05, 4.69) is 0 Å². The predicted molar refractivity (Wildman–Crippen MR) is 64.7 cm³/mol. The fourth-order valence-corrected chi connectivity index (χ4v) is 2.23. The topological polar surface area (TPSA) is 34.1 Å². The average Bonchev–Trinajstić information content (AvgIpc) is 2.30. The van der Waals surface area contributed by atoms with Crippen LogP contribution in [0.15, 0.2) is 24.3 Å². The van der Waals surface area contributed by atoms with Crippen LogP contribution in [0.25, 0.3) is 10.8 Å². The molecule has 80 valence electrons. The van der Waals surface area contributed by atoms with E-state index < -0.39 is 0 Å². The van der Waals surface area contributed by atoms with Gasteiger partial charge in [0.25, 0.3) is 0 Å². The third-order valence-corrected chi connectivity index (χ3v) is 3.01. The molecule has 0 unspecified atom stereocenters. The van der Waals surface area contributed by atoms with Crippen LogP contribution >= 0.6 is 23.2 Å². The van der Waals surface area contributed by atoms with Crippen molar-refractivity contribution in [3.05, 3.63) is 45.4 Å². The quantitative estimate of drug-likeness (QED) is 0.763. The number of aldehydes is 2. The summed E-state index contributed by atoms with van der Waals surface area (Å²) in [7, 11) is 0. The molecule has 0 atom stereocenters. The molecule has 16 heavy (non-hydrogen) atoms. The minimum atomic E-state index is 0.406. The fourth-order valence-electron chi connectivity index (χ4n) is 1.66. The van der Waals surface area contributed by atoms with Crippen molar-refractivity contribution >= 4 is 46.5 Å². The highest BCUT2D eigenvalue weighted by Gasteiger charge is 2.11. The first-order valence-electron chi connectivity index (χ1n) is 4.50. The summed E-state index contributed by atoms with van der Waals surface area (Å²) in [5, 5.41) is 1.89. The Kier molecular flexibility index (Phi) is 2.95. The molecule has 0 aliphatic heterocycles. The van der Waals surface area contributed by atoms with Crippen LogP contribution in [0.5, 0.6) is 0 Å². The first-order valence-corrected chi connectivity index (χ1v) is 5.25. The summed E-state index contributed by atoms with van der Waals surface area (Å²) in [6, 6.07) is 6.32. The van der Waals surface area contributed by atoms with E-state index in [4.69, 9.17) is 23.2 Å². The second-order valence-electron chi connectivity index (χ2n) is 3.26. The van der Waals surface area contributed by atoms with E-state index in [1.807, 2.05) is 0 Å². The van der Waals surface area contributed by atoms with E-state index in [-0.39, 0.29) is 0 Å². The molecule has 2 nitrogen and oxygen atoms in total. The van der Waals surface area contributed by atoms with Gasteiger partial charge in [-0.05, 0) is 24.3 Å². The van der Waals surface area contributed by atoms with E-state index in [9.17, 15) is 9.59 Å². The minimum absolute atomic E-state index is 0.406. The normalized spacial score (nSPS) is 10.4. The van der Waals surface area contributed by atoms with Crippen molar-refractivity contribution in [1.29, 1.82) is 0 Å². The number of rotatable bonds is 2. The molecule has 4 heteroatoms. The van der Waals surface area contributed by atoms with Gasteiger partial charge in [-0.3, -0.25) is 9.59 Å². The number of carbonyl (C=O) groups excluding carboxylic acids is 2. The highest BCUT2D eigenvalue weighted by atomic mass is 35.5. The van der Waals surface area contributed by atoms with Gasteiger partial charge in [0.05, 0.1) is 0 Å². The van der Waals surface area contributed by atoms with Gasteiger partial charge in [-0.15, -0.1) is 0 Å². The maximum absolute atomic E-state index is 10.9. The minimum Gasteiger partial charge on any atom is -0.298 e. The maximum Gasteiger partial charge on any atom is 0.150 e. The Morgan fingerprint density at radius 1 is 0.750 bits per heavy atom. The lowest BCUT2D eigenvalue weighted by Gasteiger charge is -2.07. The Balaban J connectivity index is 3.06. The van der Waals surface area contributed by atoms with Crippen molar-refractivity contribution in [2.75, 3.05) is 0 Å². The molecule has 0 bridgehead atoms. The van der Waals surface area contributed by atoms with Crippen molar-refractivity contribution in [2.24, 2.45) is 0 Å². The largest absolute Gasteiger partial charge is 0.298 e. The van der Waals surface area contributed by atoms with E-state index >= 15 is 0 Å². The molecular formula is C12H6Cl2O2. The molecule has 0 fully saturated rings. The Hall–Kier alpha value is -1.38. The molecule has 0 amide bonds. The summed E-state index contributed by atoms with van der Waals surface area (Å²) in [6.45, 7) is 0. The van der Waals surface area contributed by atoms with Gasteiger partial charge in [0.15, 0.2) is 12.6 Å². The smallest absolute Gasteiger partial charge is 0.150 e. The van der Waals surface area contributed by atoms with Crippen molar-refractivity contribution in [3.8, 4) is 0 Å². The Morgan fingerprint density at radius 2 is 1.19 bits per heavy atom. The van der Waals surface area contributed by atoms with Crippen LogP contribution < -0.4 is 0 Å². The Bertz CT molecular complexity index is 542. The highest BCUT2D eigenvalue weighted by molar-refractivity contribution is 6.43. The Labute approximate surface area is 102 Å². The Morgan fingerprint density at radius 3 is 1.56 bits per heavy atom. The van der Waals surface area contributed by atoms with Gasteiger partial charge in [-0.1, -0.05) is 23.2 Å². The van der Waals surface area contributed by atoms with E-state index in [1.54, 1.807) is 24.3 Å². The lowest BCUT2D eigenvalue weighted by Crippen LogP contribution is -1.91. The van der Waals surface area contributed by atoms with Crippen LogP contribution in [0.1, 0.15) is 20.7 Å². The molecule has 0 N–H and O–H groups in total. The molecule has 0 aliphatic rings. The molecule has 0 saturated carbocycles. The highest BCUT2D eigenvalue weighted by Crippen LogP contribution is 2.33. The van der Waals surface area contributed by atoms with Crippen LogP contribution in [0, 0.1) is 0 Å².